The quantitative estimate of drug-likeness (QED) is 0.523. The average Bonchev–Trinajstić information content (AvgIpc) is 2.60. The van der Waals surface area contributed by atoms with E-state index in [0.717, 1.165) is 15.7 Å². The monoisotopic (exact) mass is 425 g/mol. The molecule has 0 saturated heterocycles. The van der Waals surface area contributed by atoms with E-state index in [2.05, 4.69) is 31.8 Å². The van der Waals surface area contributed by atoms with Crippen LogP contribution < -0.4 is 20.2 Å². The molecular formula is C17H17BrClN3O3. The lowest BCUT2D eigenvalue weighted by Crippen LogP contribution is -2.26. The van der Waals surface area contributed by atoms with Crippen LogP contribution in [0.4, 0.5) is 5.69 Å². The molecule has 0 aromatic heterocycles. The molecule has 8 heteroatoms. The molecule has 0 spiro atoms. The lowest BCUT2D eigenvalue weighted by Gasteiger charge is -2.08. The van der Waals surface area contributed by atoms with Crippen molar-refractivity contribution in [3.05, 3.63) is 51.5 Å². The van der Waals surface area contributed by atoms with E-state index in [-0.39, 0.29) is 12.5 Å². The van der Waals surface area contributed by atoms with Gasteiger partial charge in [0.25, 0.3) is 5.91 Å². The summed E-state index contributed by atoms with van der Waals surface area (Å²) < 4.78 is 11.2. The third-order valence-electron chi connectivity index (χ3n) is 3.18. The fourth-order valence-electron chi connectivity index (χ4n) is 1.96. The molecular weight excluding hydrogens is 410 g/mol. The molecule has 2 N–H and O–H groups in total. The fourth-order valence-corrected chi connectivity index (χ4v) is 2.78. The zero-order chi connectivity index (χ0) is 18.2. The molecule has 0 unspecified atom stereocenters. The second kappa shape index (κ2) is 9.29. The molecule has 0 aliphatic heterocycles. The van der Waals surface area contributed by atoms with Gasteiger partial charge in [-0.15, -0.1) is 0 Å². The van der Waals surface area contributed by atoms with Gasteiger partial charge in [0.2, 0.25) is 0 Å². The maximum atomic E-state index is 11.8. The number of methoxy groups -OCH3 is 2. The number of benzene rings is 2. The highest BCUT2D eigenvalue weighted by Crippen LogP contribution is 2.27. The van der Waals surface area contributed by atoms with Crippen molar-refractivity contribution in [2.24, 2.45) is 5.10 Å². The van der Waals surface area contributed by atoms with Crippen LogP contribution >= 0.6 is 27.5 Å². The van der Waals surface area contributed by atoms with Crippen molar-refractivity contribution in [3.8, 4) is 11.5 Å². The first-order chi connectivity index (χ1) is 12.0. The number of nitrogens with one attached hydrogen (secondary N) is 2. The fraction of sp³-hybridized carbons (Fsp3) is 0.176. The van der Waals surface area contributed by atoms with Crippen LogP contribution in [-0.2, 0) is 4.79 Å². The van der Waals surface area contributed by atoms with E-state index in [1.54, 1.807) is 50.6 Å². The van der Waals surface area contributed by atoms with E-state index in [0.29, 0.717) is 16.5 Å². The van der Waals surface area contributed by atoms with Gasteiger partial charge in [-0.3, -0.25) is 4.79 Å². The summed E-state index contributed by atoms with van der Waals surface area (Å²) in [6.07, 6.45) is 1.53. The summed E-state index contributed by atoms with van der Waals surface area (Å²) in [5.41, 5.74) is 3.99. The van der Waals surface area contributed by atoms with Crippen molar-refractivity contribution in [1.82, 2.24) is 5.43 Å². The van der Waals surface area contributed by atoms with Crippen molar-refractivity contribution in [2.75, 3.05) is 26.1 Å². The Balaban J connectivity index is 1.88. The zero-order valence-corrected chi connectivity index (χ0v) is 16.0. The van der Waals surface area contributed by atoms with Crippen LogP contribution in [0.1, 0.15) is 5.56 Å². The average molecular weight is 427 g/mol. The lowest BCUT2D eigenvalue weighted by atomic mass is 10.2. The van der Waals surface area contributed by atoms with Gasteiger partial charge >= 0.3 is 0 Å². The van der Waals surface area contributed by atoms with E-state index in [1.165, 1.54) is 6.21 Å². The molecule has 0 atom stereocenters. The third kappa shape index (κ3) is 5.65. The Hall–Kier alpha value is -2.25. The molecule has 132 valence electrons. The number of hydrazone groups is 1. The summed E-state index contributed by atoms with van der Waals surface area (Å²) in [6, 6.07) is 10.6. The summed E-state index contributed by atoms with van der Waals surface area (Å²) in [6.45, 7) is 0.0729. The molecule has 1 amide bonds. The van der Waals surface area contributed by atoms with Crippen molar-refractivity contribution in [3.63, 3.8) is 0 Å². The van der Waals surface area contributed by atoms with Gasteiger partial charge in [0, 0.05) is 15.2 Å². The van der Waals surface area contributed by atoms with Crippen molar-refractivity contribution < 1.29 is 14.3 Å². The normalized spacial score (nSPS) is 10.6. The second-order valence-corrected chi connectivity index (χ2v) is 6.18. The van der Waals surface area contributed by atoms with E-state index < -0.39 is 0 Å². The van der Waals surface area contributed by atoms with Crippen molar-refractivity contribution in [1.29, 1.82) is 0 Å². The number of carbonyl (C=O) groups excluding carboxylic acids is 1. The van der Waals surface area contributed by atoms with Gasteiger partial charge in [-0.25, -0.2) is 5.43 Å². The van der Waals surface area contributed by atoms with Gasteiger partial charge in [-0.1, -0.05) is 11.6 Å². The van der Waals surface area contributed by atoms with Crippen LogP contribution in [0.5, 0.6) is 11.5 Å². The Kier molecular flexibility index (Phi) is 7.09. The predicted molar refractivity (Wildman–Crippen MR) is 103 cm³/mol. The smallest absolute Gasteiger partial charge is 0.259 e. The van der Waals surface area contributed by atoms with E-state index in [1.807, 2.05) is 0 Å². The number of nitrogens with zero attached hydrogens (tertiary/aromatic N) is 1. The van der Waals surface area contributed by atoms with E-state index in [4.69, 9.17) is 21.1 Å². The van der Waals surface area contributed by atoms with Gasteiger partial charge in [0.05, 0.1) is 27.0 Å². The highest BCUT2D eigenvalue weighted by atomic mass is 79.9. The van der Waals surface area contributed by atoms with Crippen LogP contribution in [0.15, 0.2) is 46.0 Å². The Labute approximate surface area is 159 Å². The zero-order valence-electron chi connectivity index (χ0n) is 13.7. The molecule has 6 nitrogen and oxygen atoms in total. The number of rotatable bonds is 7. The Morgan fingerprint density at radius 1 is 1.20 bits per heavy atom. The number of carbonyl (C=O) groups is 1. The Bertz CT molecular complexity index is 784. The van der Waals surface area contributed by atoms with Gasteiger partial charge < -0.3 is 14.8 Å². The summed E-state index contributed by atoms with van der Waals surface area (Å²) in [4.78, 5) is 11.8. The van der Waals surface area contributed by atoms with Crippen LogP contribution in [0.2, 0.25) is 5.02 Å². The minimum absolute atomic E-state index is 0.0729. The Morgan fingerprint density at radius 2 is 1.96 bits per heavy atom. The molecule has 0 saturated carbocycles. The van der Waals surface area contributed by atoms with Gasteiger partial charge in [-0.2, -0.15) is 5.10 Å². The van der Waals surface area contributed by atoms with Crippen molar-refractivity contribution in [2.45, 2.75) is 0 Å². The topological polar surface area (TPSA) is 72.0 Å². The summed E-state index contributed by atoms with van der Waals surface area (Å²) in [5, 5.41) is 7.53. The molecule has 0 aliphatic rings. The second-order valence-electron chi connectivity index (χ2n) is 4.89. The molecule has 0 bridgehead atoms. The largest absolute Gasteiger partial charge is 0.493 e. The number of halogens is 2. The van der Waals surface area contributed by atoms with E-state index in [9.17, 15) is 4.79 Å². The first-order valence-corrected chi connectivity index (χ1v) is 8.43. The minimum atomic E-state index is -0.279. The van der Waals surface area contributed by atoms with Crippen LogP contribution in [0.25, 0.3) is 0 Å². The maximum Gasteiger partial charge on any atom is 0.259 e. The number of hydrogen-bond acceptors (Lipinski definition) is 5. The van der Waals surface area contributed by atoms with Crippen LogP contribution in [0, 0.1) is 0 Å². The molecule has 0 aliphatic carbocycles. The van der Waals surface area contributed by atoms with Crippen molar-refractivity contribution >= 4 is 45.3 Å². The first-order valence-electron chi connectivity index (χ1n) is 7.26. The number of anilines is 1. The molecule has 0 radical (unpaired) electrons. The highest BCUT2D eigenvalue weighted by molar-refractivity contribution is 9.10. The molecule has 25 heavy (non-hydrogen) atoms. The first kappa shape index (κ1) is 19.1. The lowest BCUT2D eigenvalue weighted by molar-refractivity contribution is -0.119. The summed E-state index contributed by atoms with van der Waals surface area (Å²) >= 11 is 9.25. The number of ether oxygens (including phenoxy) is 2. The maximum absolute atomic E-state index is 11.8. The van der Waals surface area contributed by atoms with Crippen LogP contribution in [-0.4, -0.2) is 32.9 Å². The van der Waals surface area contributed by atoms with E-state index >= 15 is 0 Å². The SMILES string of the molecule is COc1ccc(/C=N/NC(=O)CNc2ccc(Cl)cc2Br)cc1OC. The highest BCUT2D eigenvalue weighted by Gasteiger charge is 2.05. The van der Waals surface area contributed by atoms with Gasteiger partial charge in [-0.05, 0) is 57.9 Å². The van der Waals surface area contributed by atoms with Crippen LogP contribution in [0.3, 0.4) is 0 Å². The molecule has 0 heterocycles. The Morgan fingerprint density at radius 3 is 2.64 bits per heavy atom. The predicted octanol–water partition coefficient (Wildman–Crippen LogP) is 3.68. The summed E-state index contributed by atoms with van der Waals surface area (Å²) in [5.74, 6) is 0.937. The number of hydrogen-bond donors (Lipinski definition) is 2. The third-order valence-corrected chi connectivity index (χ3v) is 4.07. The van der Waals surface area contributed by atoms with Gasteiger partial charge in [0.1, 0.15) is 0 Å². The molecule has 2 aromatic carbocycles. The summed E-state index contributed by atoms with van der Waals surface area (Å²) in [7, 11) is 3.12. The van der Waals surface area contributed by atoms with Gasteiger partial charge in [0.15, 0.2) is 11.5 Å². The minimum Gasteiger partial charge on any atom is -0.493 e. The molecule has 2 rings (SSSR count). The molecule has 2 aromatic rings. The molecule has 0 fully saturated rings. The number of amides is 1. The standard InChI is InChI=1S/C17H17BrClN3O3/c1-24-15-6-3-11(7-16(15)25-2)9-21-22-17(23)10-20-14-5-4-12(19)8-13(14)18/h3-9,20H,10H2,1-2H3,(H,22,23)/b21-9+.